The molecule has 6 nitrogen and oxygen atoms in total. The molecule has 1 aliphatic carbocycles. The lowest BCUT2D eigenvalue weighted by molar-refractivity contribution is -0.134. The van der Waals surface area contributed by atoms with E-state index in [1.807, 2.05) is 37.3 Å². The van der Waals surface area contributed by atoms with Crippen LogP contribution >= 0.6 is 11.6 Å². The van der Waals surface area contributed by atoms with Crippen LogP contribution in [0.5, 0.6) is 0 Å². The van der Waals surface area contributed by atoms with Crippen LogP contribution < -0.4 is 5.32 Å². The number of benzene rings is 1. The molecule has 7 heteroatoms. The standard InChI is InChI=1S/C25H33ClN4O2/c1-24(2,3)21-14-20-22(31)29(15-17-9-8-10-18(26)13-17)25(4,16-30(20)28-21)23(32)27-19-11-6-5-7-12-19/h8-10,13-14,19H,5-7,11-12,15-16H2,1-4H3,(H,27,32)/t25-/m0/s1. The number of nitrogens with one attached hydrogen (secondary N) is 1. The molecule has 0 unspecified atom stereocenters. The van der Waals surface area contributed by atoms with Gasteiger partial charge in [-0.3, -0.25) is 14.3 Å². The second-order valence-corrected chi connectivity index (χ2v) is 10.9. The number of nitrogens with zero attached hydrogens (tertiary/aromatic N) is 3. The summed E-state index contributed by atoms with van der Waals surface area (Å²) in [7, 11) is 0. The molecular weight excluding hydrogens is 424 g/mol. The van der Waals surface area contributed by atoms with Crippen molar-refractivity contribution in [3.05, 3.63) is 52.3 Å². The molecule has 2 aliphatic rings. The van der Waals surface area contributed by atoms with Crippen LogP contribution in [0, 0.1) is 0 Å². The molecule has 2 heterocycles. The van der Waals surface area contributed by atoms with Gasteiger partial charge >= 0.3 is 0 Å². The molecule has 1 N–H and O–H groups in total. The molecule has 1 atom stereocenters. The first-order chi connectivity index (χ1) is 15.1. The molecule has 0 saturated heterocycles. The summed E-state index contributed by atoms with van der Waals surface area (Å²) in [5.41, 5.74) is 1.03. The van der Waals surface area contributed by atoms with Gasteiger partial charge in [0.15, 0.2) is 0 Å². The first kappa shape index (κ1) is 22.8. The first-order valence-electron chi connectivity index (χ1n) is 11.5. The average molecular weight is 457 g/mol. The summed E-state index contributed by atoms with van der Waals surface area (Å²) in [6, 6.07) is 9.49. The molecule has 32 heavy (non-hydrogen) atoms. The molecule has 2 amide bonds. The summed E-state index contributed by atoms with van der Waals surface area (Å²) < 4.78 is 1.72. The third-order valence-corrected chi connectivity index (χ3v) is 6.96. The van der Waals surface area contributed by atoms with Crippen molar-refractivity contribution in [3.8, 4) is 0 Å². The van der Waals surface area contributed by atoms with Crippen molar-refractivity contribution >= 4 is 23.4 Å². The van der Waals surface area contributed by atoms with Crippen LogP contribution in [0.3, 0.4) is 0 Å². The Morgan fingerprint density at radius 1 is 1.22 bits per heavy atom. The molecule has 0 bridgehead atoms. The highest BCUT2D eigenvalue weighted by atomic mass is 35.5. The van der Waals surface area contributed by atoms with Crippen molar-refractivity contribution in [1.82, 2.24) is 20.0 Å². The zero-order valence-corrected chi connectivity index (χ0v) is 20.2. The van der Waals surface area contributed by atoms with E-state index >= 15 is 0 Å². The van der Waals surface area contributed by atoms with Crippen LogP contribution in [0.4, 0.5) is 0 Å². The van der Waals surface area contributed by atoms with Gasteiger partial charge < -0.3 is 10.2 Å². The number of carbonyl (C=O) groups is 2. The molecule has 4 rings (SSSR count). The average Bonchev–Trinajstić information content (AvgIpc) is 3.16. The zero-order chi connectivity index (χ0) is 23.1. The maximum absolute atomic E-state index is 13.7. The highest BCUT2D eigenvalue weighted by Crippen LogP contribution is 2.32. The summed E-state index contributed by atoms with van der Waals surface area (Å²) in [6.07, 6.45) is 5.46. The Morgan fingerprint density at radius 2 is 1.94 bits per heavy atom. The van der Waals surface area contributed by atoms with Crippen molar-refractivity contribution in [1.29, 1.82) is 0 Å². The van der Waals surface area contributed by atoms with Gasteiger partial charge in [-0.2, -0.15) is 5.10 Å². The fraction of sp³-hybridized carbons (Fsp3) is 0.560. The van der Waals surface area contributed by atoms with Gasteiger partial charge in [-0.1, -0.05) is 63.8 Å². The lowest BCUT2D eigenvalue weighted by Crippen LogP contribution is -2.64. The lowest BCUT2D eigenvalue weighted by atomic mass is 9.90. The van der Waals surface area contributed by atoms with E-state index in [1.165, 1.54) is 6.42 Å². The molecule has 0 radical (unpaired) electrons. The number of carbonyl (C=O) groups excluding carboxylic acids is 2. The van der Waals surface area contributed by atoms with Gasteiger partial charge in [0.05, 0.1) is 12.2 Å². The van der Waals surface area contributed by atoms with Crippen LogP contribution in [-0.4, -0.2) is 38.1 Å². The Kier molecular flexibility index (Phi) is 6.10. The minimum Gasteiger partial charge on any atom is -0.351 e. The Bertz CT molecular complexity index is 1020. The number of rotatable bonds is 4. The molecule has 2 aromatic rings. The highest BCUT2D eigenvalue weighted by molar-refractivity contribution is 6.30. The fourth-order valence-electron chi connectivity index (χ4n) is 4.66. The van der Waals surface area contributed by atoms with Gasteiger partial charge in [0.1, 0.15) is 11.2 Å². The van der Waals surface area contributed by atoms with Gasteiger partial charge in [0.25, 0.3) is 5.91 Å². The SMILES string of the molecule is CC(C)(C)c1cc2n(n1)C[C@@](C)(C(=O)NC1CCCCC1)N(Cc1cccc(Cl)c1)C2=O. The summed E-state index contributed by atoms with van der Waals surface area (Å²) in [5.74, 6) is -0.293. The topological polar surface area (TPSA) is 67.2 Å². The minimum absolute atomic E-state index is 0.113. The predicted octanol–water partition coefficient (Wildman–Crippen LogP) is 4.70. The Labute approximate surface area is 195 Å². The van der Waals surface area contributed by atoms with E-state index in [0.717, 1.165) is 36.9 Å². The number of amides is 2. The molecule has 1 aliphatic heterocycles. The van der Waals surface area contributed by atoms with Crippen LogP contribution in [0.25, 0.3) is 0 Å². The molecule has 1 saturated carbocycles. The second kappa shape index (κ2) is 8.54. The van der Waals surface area contributed by atoms with E-state index < -0.39 is 5.54 Å². The maximum Gasteiger partial charge on any atom is 0.273 e. The third kappa shape index (κ3) is 4.42. The van der Waals surface area contributed by atoms with E-state index in [4.69, 9.17) is 16.7 Å². The molecule has 172 valence electrons. The van der Waals surface area contributed by atoms with Crippen LogP contribution in [-0.2, 0) is 23.3 Å². The monoisotopic (exact) mass is 456 g/mol. The van der Waals surface area contributed by atoms with Crippen molar-refractivity contribution in [2.24, 2.45) is 0 Å². The van der Waals surface area contributed by atoms with Crippen LogP contribution in [0.2, 0.25) is 5.02 Å². The number of hydrogen-bond acceptors (Lipinski definition) is 3. The normalized spacial score (nSPS) is 22.0. The van der Waals surface area contributed by atoms with Gasteiger partial charge in [0.2, 0.25) is 5.91 Å². The van der Waals surface area contributed by atoms with Crippen LogP contribution in [0.1, 0.15) is 81.5 Å². The van der Waals surface area contributed by atoms with Gasteiger partial charge in [0, 0.05) is 23.0 Å². The fourth-order valence-corrected chi connectivity index (χ4v) is 4.87. The van der Waals surface area contributed by atoms with Gasteiger partial charge in [-0.05, 0) is 43.5 Å². The smallest absolute Gasteiger partial charge is 0.273 e. The number of hydrogen-bond donors (Lipinski definition) is 1. The van der Waals surface area contributed by atoms with Crippen molar-refractivity contribution < 1.29 is 9.59 Å². The van der Waals surface area contributed by atoms with Gasteiger partial charge in [-0.15, -0.1) is 0 Å². The summed E-state index contributed by atoms with van der Waals surface area (Å²) in [5, 5.41) is 8.58. The zero-order valence-electron chi connectivity index (χ0n) is 19.4. The summed E-state index contributed by atoms with van der Waals surface area (Å²) in [4.78, 5) is 29.0. The largest absolute Gasteiger partial charge is 0.351 e. The Balaban J connectivity index is 1.71. The number of aromatic nitrogens is 2. The lowest BCUT2D eigenvalue weighted by Gasteiger charge is -2.44. The van der Waals surface area contributed by atoms with E-state index in [2.05, 4.69) is 26.1 Å². The molecule has 0 spiro atoms. The van der Waals surface area contributed by atoms with E-state index in [-0.39, 0.29) is 23.3 Å². The molecular formula is C25H33ClN4O2. The quantitative estimate of drug-likeness (QED) is 0.725. The molecule has 1 aromatic carbocycles. The van der Waals surface area contributed by atoms with E-state index in [0.29, 0.717) is 23.8 Å². The Hall–Kier alpha value is -2.34. The number of fused-ring (bicyclic) bond motifs is 1. The Morgan fingerprint density at radius 3 is 2.59 bits per heavy atom. The third-order valence-electron chi connectivity index (χ3n) is 6.73. The van der Waals surface area contributed by atoms with Crippen molar-refractivity contribution in [2.75, 3.05) is 0 Å². The predicted molar refractivity (Wildman–Crippen MR) is 126 cm³/mol. The van der Waals surface area contributed by atoms with Gasteiger partial charge in [-0.25, -0.2) is 0 Å². The number of halogens is 1. The summed E-state index contributed by atoms with van der Waals surface area (Å²) >= 11 is 6.20. The maximum atomic E-state index is 13.7. The van der Waals surface area contributed by atoms with Crippen LogP contribution in [0.15, 0.2) is 30.3 Å². The van der Waals surface area contributed by atoms with Crippen molar-refractivity contribution in [3.63, 3.8) is 0 Å². The summed E-state index contributed by atoms with van der Waals surface area (Å²) in [6.45, 7) is 8.71. The van der Waals surface area contributed by atoms with Crippen molar-refractivity contribution in [2.45, 2.75) is 89.9 Å². The second-order valence-electron chi connectivity index (χ2n) is 10.4. The van der Waals surface area contributed by atoms with E-state index in [1.54, 1.807) is 9.58 Å². The molecule has 1 fully saturated rings. The first-order valence-corrected chi connectivity index (χ1v) is 11.9. The highest BCUT2D eigenvalue weighted by Gasteiger charge is 2.48. The molecule has 1 aromatic heterocycles. The van der Waals surface area contributed by atoms with E-state index in [9.17, 15) is 9.59 Å². The minimum atomic E-state index is -1.05.